The van der Waals surface area contributed by atoms with Crippen molar-refractivity contribution in [3.63, 3.8) is 0 Å². The van der Waals surface area contributed by atoms with Crippen molar-refractivity contribution in [2.75, 3.05) is 5.73 Å². The minimum absolute atomic E-state index is 0.525. The summed E-state index contributed by atoms with van der Waals surface area (Å²) >= 11 is 1.42. The quantitative estimate of drug-likeness (QED) is 0.712. The number of aryl methyl sites for hydroxylation is 1. The first-order valence-electron chi connectivity index (χ1n) is 5.34. The van der Waals surface area contributed by atoms with Crippen molar-refractivity contribution < 1.29 is 4.42 Å². The third-order valence-electron chi connectivity index (χ3n) is 2.43. The first-order valence-corrected chi connectivity index (χ1v) is 6.16. The lowest BCUT2D eigenvalue weighted by molar-refractivity contribution is 0.429. The Kier molecular flexibility index (Phi) is 2.64. The molecule has 0 aliphatic rings. The van der Waals surface area contributed by atoms with Crippen LogP contribution in [-0.2, 0) is 0 Å². The van der Waals surface area contributed by atoms with Crippen LogP contribution in [0.1, 0.15) is 5.89 Å². The Balaban J connectivity index is 2.06. The first-order chi connectivity index (χ1) is 8.72. The summed E-state index contributed by atoms with van der Waals surface area (Å²) in [5.41, 5.74) is 7.30. The Bertz CT molecular complexity index is 710. The number of hydrogen-bond acceptors (Lipinski definition) is 6. The molecule has 0 unspecified atom stereocenters. The molecule has 2 heterocycles. The van der Waals surface area contributed by atoms with Crippen LogP contribution in [0.4, 0.5) is 5.69 Å². The molecular formula is C12H10N4OS. The third kappa shape index (κ3) is 2.02. The minimum Gasteiger partial charge on any atom is -0.416 e. The van der Waals surface area contributed by atoms with Gasteiger partial charge in [-0.3, -0.25) is 4.98 Å². The molecule has 2 aromatic heterocycles. The highest BCUT2D eigenvalue weighted by Crippen LogP contribution is 2.32. The van der Waals surface area contributed by atoms with E-state index in [1.165, 1.54) is 11.8 Å². The number of benzene rings is 1. The predicted octanol–water partition coefficient (Wildman–Crippen LogP) is 2.66. The number of nitrogens with two attached hydrogens (primary N) is 1. The second kappa shape index (κ2) is 4.30. The van der Waals surface area contributed by atoms with Crippen LogP contribution in [0.3, 0.4) is 0 Å². The van der Waals surface area contributed by atoms with Gasteiger partial charge in [0.2, 0.25) is 5.89 Å². The molecule has 0 radical (unpaired) electrons. The molecule has 0 spiro atoms. The van der Waals surface area contributed by atoms with Gasteiger partial charge in [-0.2, -0.15) is 0 Å². The van der Waals surface area contributed by atoms with E-state index in [9.17, 15) is 0 Å². The lowest BCUT2D eigenvalue weighted by Gasteiger charge is -2.03. The van der Waals surface area contributed by atoms with Crippen molar-refractivity contribution in [1.82, 2.24) is 15.2 Å². The van der Waals surface area contributed by atoms with E-state index < -0.39 is 0 Å². The average Bonchev–Trinajstić information content (AvgIpc) is 2.75. The number of nitrogen functional groups attached to an aromatic ring is 1. The van der Waals surface area contributed by atoms with Crippen molar-refractivity contribution in [1.29, 1.82) is 0 Å². The number of rotatable bonds is 2. The number of fused-ring (bicyclic) bond motifs is 1. The highest BCUT2D eigenvalue weighted by atomic mass is 32.2. The third-order valence-corrected chi connectivity index (χ3v) is 3.35. The fourth-order valence-corrected chi connectivity index (χ4v) is 2.49. The highest BCUT2D eigenvalue weighted by molar-refractivity contribution is 7.99. The molecular weight excluding hydrogens is 248 g/mol. The molecule has 0 saturated carbocycles. The van der Waals surface area contributed by atoms with Gasteiger partial charge < -0.3 is 10.2 Å². The molecule has 1 aromatic carbocycles. The molecule has 5 nitrogen and oxygen atoms in total. The smallest absolute Gasteiger partial charge is 0.281 e. The van der Waals surface area contributed by atoms with Gasteiger partial charge in [0, 0.05) is 29.1 Å². The first kappa shape index (κ1) is 11.0. The van der Waals surface area contributed by atoms with Crippen LogP contribution in [0.2, 0.25) is 0 Å². The van der Waals surface area contributed by atoms with Crippen molar-refractivity contribution in [3.8, 4) is 0 Å². The summed E-state index contributed by atoms with van der Waals surface area (Å²) in [6.45, 7) is 1.77. The maximum atomic E-state index is 5.74. The minimum atomic E-state index is 0.525. The zero-order valence-corrected chi connectivity index (χ0v) is 10.4. The summed E-state index contributed by atoms with van der Waals surface area (Å²) in [6.07, 6.45) is 1.74. The molecule has 0 saturated heterocycles. The lowest BCUT2D eigenvalue weighted by Crippen LogP contribution is -1.87. The lowest BCUT2D eigenvalue weighted by atomic mass is 10.2. The number of pyridine rings is 1. The summed E-state index contributed by atoms with van der Waals surface area (Å²) in [4.78, 5) is 5.31. The second-order valence-corrected chi connectivity index (χ2v) is 4.77. The molecule has 18 heavy (non-hydrogen) atoms. The molecule has 0 amide bonds. The molecule has 2 N–H and O–H groups in total. The van der Waals surface area contributed by atoms with Crippen molar-refractivity contribution in [2.24, 2.45) is 0 Å². The van der Waals surface area contributed by atoms with Crippen molar-refractivity contribution in [3.05, 3.63) is 36.4 Å². The van der Waals surface area contributed by atoms with E-state index in [1.807, 2.05) is 24.3 Å². The van der Waals surface area contributed by atoms with E-state index in [4.69, 9.17) is 10.2 Å². The van der Waals surface area contributed by atoms with Crippen LogP contribution in [0, 0.1) is 6.92 Å². The van der Waals surface area contributed by atoms with Gasteiger partial charge >= 0.3 is 0 Å². The van der Waals surface area contributed by atoms with Crippen molar-refractivity contribution in [2.45, 2.75) is 17.0 Å². The molecule has 3 aromatic rings. The van der Waals surface area contributed by atoms with E-state index in [-0.39, 0.29) is 0 Å². The zero-order valence-electron chi connectivity index (χ0n) is 9.62. The number of nitrogens with zero attached hydrogens (tertiary/aromatic N) is 3. The summed E-state index contributed by atoms with van der Waals surface area (Å²) in [7, 11) is 0. The molecule has 90 valence electrons. The van der Waals surface area contributed by atoms with Gasteiger partial charge in [-0.05, 0) is 36.0 Å². The summed E-state index contributed by atoms with van der Waals surface area (Å²) in [6, 6.07) is 7.57. The molecule has 3 rings (SSSR count). The highest BCUT2D eigenvalue weighted by Gasteiger charge is 2.08. The summed E-state index contributed by atoms with van der Waals surface area (Å²) < 4.78 is 5.36. The second-order valence-electron chi connectivity index (χ2n) is 3.77. The van der Waals surface area contributed by atoms with Gasteiger partial charge in [-0.25, -0.2) is 0 Å². The Morgan fingerprint density at radius 2 is 2.11 bits per heavy atom. The van der Waals surface area contributed by atoms with Crippen LogP contribution in [-0.4, -0.2) is 15.2 Å². The molecule has 0 aliphatic heterocycles. The van der Waals surface area contributed by atoms with Gasteiger partial charge in [-0.15, -0.1) is 10.2 Å². The normalized spacial score (nSPS) is 10.9. The fraction of sp³-hybridized carbons (Fsp3) is 0.0833. The molecule has 0 fully saturated rings. The maximum absolute atomic E-state index is 5.74. The Hall–Kier alpha value is -2.08. The van der Waals surface area contributed by atoms with Gasteiger partial charge in [0.25, 0.3) is 5.22 Å². The topological polar surface area (TPSA) is 77.8 Å². The van der Waals surface area contributed by atoms with E-state index in [0.29, 0.717) is 16.8 Å². The molecule has 0 bridgehead atoms. The van der Waals surface area contributed by atoms with Crippen LogP contribution in [0.5, 0.6) is 0 Å². The molecule has 6 heteroatoms. The number of hydrogen-bond donors (Lipinski definition) is 1. The summed E-state index contributed by atoms with van der Waals surface area (Å²) in [5, 5.41) is 9.32. The standard InChI is InChI=1S/C12H10N4OS/c1-7-15-16-12(17-7)18-11-4-5-14-10-6-8(13)2-3-9(10)11/h2-6H,13H2,1H3. The van der Waals surface area contributed by atoms with E-state index in [0.717, 1.165) is 15.8 Å². The van der Waals surface area contributed by atoms with E-state index >= 15 is 0 Å². The van der Waals surface area contributed by atoms with E-state index in [1.54, 1.807) is 13.1 Å². The zero-order chi connectivity index (χ0) is 12.5. The Morgan fingerprint density at radius 1 is 1.22 bits per heavy atom. The Morgan fingerprint density at radius 3 is 2.89 bits per heavy atom. The van der Waals surface area contributed by atoms with Crippen LogP contribution >= 0.6 is 11.8 Å². The van der Waals surface area contributed by atoms with Gasteiger partial charge in [0.1, 0.15) is 0 Å². The Labute approximate surface area is 107 Å². The summed E-state index contributed by atoms with van der Waals surface area (Å²) in [5.74, 6) is 0.556. The predicted molar refractivity (Wildman–Crippen MR) is 69.3 cm³/mol. The van der Waals surface area contributed by atoms with E-state index in [2.05, 4.69) is 15.2 Å². The molecule has 0 aliphatic carbocycles. The SMILES string of the molecule is Cc1nnc(Sc2ccnc3cc(N)ccc23)o1. The van der Waals surface area contributed by atoms with Crippen LogP contribution in [0.15, 0.2) is 45.0 Å². The number of aromatic nitrogens is 3. The van der Waals surface area contributed by atoms with Crippen LogP contribution < -0.4 is 5.73 Å². The monoisotopic (exact) mass is 258 g/mol. The van der Waals surface area contributed by atoms with Gasteiger partial charge in [0.15, 0.2) is 0 Å². The largest absolute Gasteiger partial charge is 0.416 e. The fourth-order valence-electron chi connectivity index (χ4n) is 1.64. The van der Waals surface area contributed by atoms with Crippen molar-refractivity contribution >= 4 is 28.4 Å². The van der Waals surface area contributed by atoms with Gasteiger partial charge in [0.05, 0.1) is 5.52 Å². The molecule has 0 atom stereocenters. The van der Waals surface area contributed by atoms with Gasteiger partial charge in [-0.1, -0.05) is 0 Å². The van der Waals surface area contributed by atoms with Crippen LogP contribution in [0.25, 0.3) is 10.9 Å². The average molecular weight is 258 g/mol. The maximum Gasteiger partial charge on any atom is 0.281 e. The number of anilines is 1.